The molecule has 130 valence electrons. The number of carbonyl (C=O) groups is 2. The lowest BCUT2D eigenvalue weighted by molar-refractivity contribution is -0.192. The average Bonchev–Trinajstić information content (AvgIpc) is 2.98. The molecule has 8 nitrogen and oxygen atoms in total. The fraction of sp³-hybridized carbons (Fsp3) is 0.667. The molecule has 11 heteroatoms. The van der Waals surface area contributed by atoms with Gasteiger partial charge in [0.1, 0.15) is 16.9 Å². The van der Waals surface area contributed by atoms with E-state index in [1.165, 1.54) is 0 Å². The van der Waals surface area contributed by atoms with Crippen LogP contribution in [0.2, 0.25) is 0 Å². The molecule has 0 saturated carbocycles. The van der Waals surface area contributed by atoms with E-state index in [2.05, 4.69) is 14.9 Å². The van der Waals surface area contributed by atoms with E-state index in [-0.39, 0.29) is 0 Å². The zero-order chi connectivity index (χ0) is 17.8. The molecule has 0 amide bonds. The number of aromatic nitrogens is 2. The van der Waals surface area contributed by atoms with Gasteiger partial charge in [-0.15, -0.1) is 0 Å². The molecular weight excluding hydrogens is 323 g/mol. The Kier molecular flexibility index (Phi) is 5.70. The Morgan fingerprint density at radius 3 is 2.30 bits per heavy atom. The highest BCUT2D eigenvalue weighted by atomic mass is 19.4. The Bertz CT molecular complexity index is 575. The second-order valence-corrected chi connectivity index (χ2v) is 5.20. The molecule has 1 aliphatic heterocycles. The molecule has 1 aliphatic rings. The molecule has 1 saturated heterocycles. The van der Waals surface area contributed by atoms with Crippen LogP contribution in [0.5, 0.6) is 0 Å². The van der Waals surface area contributed by atoms with Crippen LogP contribution in [0.25, 0.3) is 0 Å². The fourth-order valence-corrected chi connectivity index (χ4v) is 2.09. The zero-order valence-electron chi connectivity index (χ0n) is 12.4. The van der Waals surface area contributed by atoms with E-state index in [1.54, 1.807) is 13.8 Å². The Labute approximate surface area is 128 Å². The number of carboxylic acids is 2. The summed E-state index contributed by atoms with van der Waals surface area (Å²) in [6, 6.07) is 0. The van der Waals surface area contributed by atoms with Gasteiger partial charge < -0.3 is 10.2 Å². The number of hydrogen-bond donors (Lipinski definition) is 2. The van der Waals surface area contributed by atoms with Crippen LogP contribution in [0.15, 0.2) is 4.63 Å². The maximum absolute atomic E-state index is 11.2. The van der Waals surface area contributed by atoms with Crippen LogP contribution in [-0.4, -0.2) is 55.6 Å². The van der Waals surface area contributed by atoms with Gasteiger partial charge in [0.2, 0.25) is 0 Å². The highest BCUT2D eigenvalue weighted by Crippen LogP contribution is 2.30. The highest BCUT2D eigenvalue weighted by molar-refractivity contribution is 5.78. The summed E-state index contributed by atoms with van der Waals surface area (Å²) >= 11 is 0. The van der Waals surface area contributed by atoms with Gasteiger partial charge in [-0.1, -0.05) is 10.3 Å². The Morgan fingerprint density at radius 2 is 1.91 bits per heavy atom. The van der Waals surface area contributed by atoms with Crippen LogP contribution in [0.1, 0.15) is 31.2 Å². The highest BCUT2D eigenvalue weighted by Gasteiger charge is 2.43. The molecule has 1 atom stereocenters. The van der Waals surface area contributed by atoms with E-state index < -0.39 is 23.7 Å². The van der Waals surface area contributed by atoms with E-state index in [0.29, 0.717) is 13.0 Å². The molecule has 1 aromatic rings. The summed E-state index contributed by atoms with van der Waals surface area (Å²) < 4.78 is 36.3. The molecular formula is C12H16F3N3O5. The minimum atomic E-state index is -5.08. The average molecular weight is 339 g/mol. The lowest BCUT2D eigenvalue weighted by Gasteiger charge is -2.30. The molecule has 0 aromatic carbocycles. The number of aliphatic carboxylic acids is 2. The van der Waals surface area contributed by atoms with Crippen molar-refractivity contribution >= 4 is 11.9 Å². The predicted molar refractivity (Wildman–Crippen MR) is 68.4 cm³/mol. The van der Waals surface area contributed by atoms with Gasteiger partial charge >= 0.3 is 18.1 Å². The summed E-state index contributed by atoms with van der Waals surface area (Å²) in [5.41, 5.74) is 0.653. The largest absolute Gasteiger partial charge is 0.490 e. The first-order valence-electron chi connectivity index (χ1n) is 6.55. The molecule has 0 spiro atoms. The number of nitrogens with zero attached hydrogens (tertiary/aromatic N) is 3. The zero-order valence-corrected chi connectivity index (χ0v) is 12.4. The molecule has 2 heterocycles. The van der Waals surface area contributed by atoms with E-state index in [0.717, 1.165) is 24.4 Å². The second-order valence-electron chi connectivity index (χ2n) is 5.20. The number of rotatable bonds is 3. The van der Waals surface area contributed by atoms with Crippen molar-refractivity contribution in [3.8, 4) is 0 Å². The van der Waals surface area contributed by atoms with Gasteiger partial charge in [-0.25, -0.2) is 9.42 Å². The van der Waals surface area contributed by atoms with Gasteiger partial charge in [-0.2, -0.15) is 13.2 Å². The van der Waals surface area contributed by atoms with Gasteiger partial charge in [0.05, 0.1) is 0 Å². The quantitative estimate of drug-likeness (QED) is 0.850. The normalized spacial score (nSPS) is 21.6. The van der Waals surface area contributed by atoms with Crippen molar-refractivity contribution in [3.63, 3.8) is 0 Å². The van der Waals surface area contributed by atoms with Gasteiger partial charge in [0.15, 0.2) is 0 Å². The fourth-order valence-electron chi connectivity index (χ4n) is 2.09. The summed E-state index contributed by atoms with van der Waals surface area (Å²) in [4.78, 5) is 22.1. The minimum absolute atomic E-state index is 0.484. The van der Waals surface area contributed by atoms with Crippen molar-refractivity contribution < 1.29 is 37.6 Å². The summed E-state index contributed by atoms with van der Waals surface area (Å²) in [5.74, 6) is -3.54. The number of carboxylic acid groups (broad SMARTS) is 2. The van der Waals surface area contributed by atoms with E-state index in [9.17, 15) is 23.1 Å². The first-order valence-corrected chi connectivity index (χ1v) is 6.55. The first kappa shape index (κ1) is 18.9. The van der Waals surface area contributed by atoms with Crippen LogP contribution in [0, 0.1) is 6.92 Å². The van der Waals surface area contributed by atoms with Crippen LogP contribution < -0.4 is 0 Å². The van der Waals surface area contributed by atoms with Crippen LogP contribution in [0.3, 0.4) is 0 Å². The third-order valence-electron chi connectivity index (χ3n) is 3.58. The molecule has 0 radical (unpaired) electrons. The van der Waals surface area contributed by atoms with Crippen molar-refractivity contribution in [3.05, 3.63) is 11.4 Å². The maximum atomic E-state index is 11.2. The third kappa shape index (κ3) is 4.65. The van der Waals surface area contributed by atoms with Crippen molar-refractivity contribution in [2.45, 2.75) is 44.9 Å². The molecule has 0 aliphatic carbocycles. The second kappa shape index (κ2) is 6.94. The molecule has 2 N–H and O–H groups in total. The molecule has 2 rings (SSSR count). The maximum Gasteiger partial charge on any atom is 0.490 e. The van der Waals surface area contributed by atoms with Crippen molar-refractivity contribution in [1.29, 1.82) is 0 Å². The number of aryl methyl sites for hydroxylation is 1. The van der Waals surface area contributed by atoms with Gasteiger partial charge in [-0.3, -0.25) is 9.69 Å². The monoisotopic (exact) mass is 339 g/mol. The summed E-state index contributed by atoms with van der Waals surface area (Å²) in [7, 11) is 0. The van der Waals surface area contributed by atoms with Crippen LogP contribution in [-0.2, 0) is 16.1 Å². The molecule has 1 aromatic heterocycles. The SMILES string of the molecule is Cc1nonc1CN1CCCC1(C)C(=O)O.O=C(O)C(F)(F)F. The Morgan fingerprint density at radius 1 is 1.35 bits per heavy atom. The smallest absolute Gasteiger partial charge is 0.480 e. The first-order chi connectivity index (χ1) is 10.5. The molecule has 23 heavy (non-hydrogen) atoms. The standard InChI is InChI=1S/C10H15N3O3.C2HF3O2/c1-7-8(12-16-11-7)6-13-5-3-4-10(13,2)9(14)15;3-2(4,5)1(6)7/h3-6H2,1-2H3,(H,14,15);(H,6,7). The number of likely N-dealkylation sites (tertiary alicyclic amines) is 1. The Hall–Kier alpha value is -2.17. The van der Waals surface area contributed by atoms with Gasteiger partial charge in [0, 0.05) is 6.54 Å². The number of hydrogen-bond acceptors (Lipinski definition) is 6. The molecule has 1 fully saturated rings. The summed E-state index contributed by atoms with van der Waals surface area (Å²) in [5, 5.41) is 23.8. The minimum Gasteiger partial charge on any atom is -0.480 e. The van der Waals surface area contributed by atoms with E-state index in [4.69, 9.17) is 9.90 Å². The lowest BCUT2D eigenvalue weighted by atomic mass is 9.99. The van der Waals surface area contributed by atoms with E-state index >= 15 is 0 Å². The third-order valence-corrected chi connectivity index (χ3v) is 3.58. The summed E-state index contributed by atoms with van der Waals surface area (Å²) in [6.07, 6.45) is -3.51. The Balaban J connectivity index is 0.000000322. The van der Waals surface area contributed by atoms with Gasteiger partial charge in [0.25, 0.3) is 0 Å². The molecule has 1 unspecified atom stereocenters. The lowest BCUT2D eigenvalue weighted by Crippen LogP contribution is -2.47. The van der Waals surface area contributed by atoms with Crippen LogP contribution >= 0.6 is 0 Å². The van der Waals surface area contributed by atoms with Crippen molar-refractivity contribution in [1.82, 2.24) is 15.2 Å². The van der Waals surface area contributed by atoms with Gasteiger partial charge in [-0.05, 0) is 33.2 Å². The van der Waals surface area contributed by atoms with Crippen molar-refractivity contribution in [2.75, 3.05) is 6.54 Å². The topological polar surface area (TPSA) is 117 Å². The number of halogens is 3. The van der Waals surface area contributed by atoms with Crippen LogP contribution in [0.4, 0.5) is 13.2 Å². The van der Waals surface area contributed by atoms with E-state index in [1.807, 2.05) is 4.90 Å². The number of alkyl halides is 3. The van der Waals surface area contributed by atoms with Crippen molar-refractivity contribution in [2.24, 2.45) is 0 Å². The predicted octanol–water partition coefficient (Wildman–Crippen LogP) is 1.45. The summed E-state index contributed by atoms with van der Waals surface area (Å²) in [6.45, 7) is 4.82. The molecule has 0 bridgehead atoms.